The second-order valence-corrected chi connectivity index (χ2v) is 7.18. The summed E-state index contributed by atoms with van der Waals surface area (Å²) >= 11 is 6.00. The molecule has 0 aromatic heterocycles. The van der Waals surface area contributed by atoms with E-state index in [1.54, 1.807) is 49.5 Å². The normalized spacial score (nSPS) is 21.1. The van der Waals surface area contributed by atoms with E-state index in [2.05, 4.69) is 5.32 Å². The van der Waals surface area contributed by atoms with Crippen molar-refractivity contribution in [3.8, 4) is 0 Å². The first-order valence-corrected chi connectivity index (χ1v) is 9.06. The van der Waals surface area contributed by atoms with E-state index in [0.29, 0.717) is 16.3 Å². The number of carbonyl (C=O) groups excluding carboxylic acids is 3. The Kier molecular flexibility index (Phi) is 4.15. The van der Waals surface area contributed by atoms with E-state index in [1.165, 1.54) is 9.80 Å². The molecule has 27 heavy (non-hydrogen) atoms. The van der Waals surface area contributed by atoms with Gasteiger partial charge in [0.05, 0.1) is 11.3 Å². The van der Waals surface area contributed by atoms with Gasteiger partial charge in [-0.15, -0.1) is 0 Å². The number of para-hydroxylation sites is 1. The molecule has 1 atom stereocenters. The highest BCUT2D eigenvalue weighted by Gasteiger charge is 2.59. The molecule has 0 bridgehead atoms. The molecule has 3 amide bonds. The second kappa shape index (κ2) is 6.39. The molecule has 2 aliphatic heterocycles. The number of hydrogen-bond acceptors (Lipinski definition) is 3. The van der Waals surface area contributed by atoms with Gasteiger partial charge in [0.25, 0.3) is 11.8 Å². The van der Waals surface area contributed by atoms with Gasteiger partial charge in [-0.05, 0) is 29.8 Å². The van der Waals surface area contributed by atoms with Crippen molar-refractivity contribution in [3.63, 3.8) is 0 Å². The predicted octanol–water partition coefficient (Wildman–Crippen LogP) is 2.57. The Bertz CT molecular complexity index is 961. The summed E-state index contributed by atoms with van der Waals surface area (Å²) in [6, 6.07) is 14.1. The largest absolute Gasteiger partial charge is 0.348 e. The van der Waals surface area contributed by atoms with Crippen molar-refractivity contribution in [1.29, 1.82) is 0 Å². The summed E-state index contributed by atoms with van der Waals surface area (Å²) in [6.45, 7) is 0.257. The lowest BCUT2D eigenvalue weighted by Gasteiger charge is -2.47. The Morgan fingerprint density at radius 3 is 2.74 bits per heavy atom. The molecule has 0 unspecified atom stereocenters. The van der Waals surface area contributed by atoms with Gasteiger partial charge in [0.15, 0.2) is 0 Å². The number of nitrogens with one attached hydrogen (secondary N) is 1. The molecule has 2 aromatic carbocycles. The van der Waals surface area contributed by atoms with Crippen molar-refractivity contribution in [1.82, 2.24) is 10.2 Å². The zero-order valence-corrected chi connectivity index (χ0v) is 15.5. The first-order valence-electron chi connectivity index (χ1n) is 8.68. The summed E-state index contributed by atoms with van der Waals surface area (Å²) in [6.07, 6.45) is 0.459. The maximum atomic E-state index is 13.2. The number of nitrogens with zero attached hydrogens (tertiary/aromatic N) is 2. The fourth-order valence-electron chi connectivity index (χ4n) is 3.90. The fraction of sp³-hybridized carbons (Fsp3) is 0.250. The Balaban J connectivity index is 1.70. The highest BCUT2D eigenvalue weighted by molar-refractivity contribution is 6.30. The Morgan fingerprint density at radius 2 is 1.96 bits per heavy atom. The van der Waals surface area contributed by atoms with E-state index < -0.39 is 5.66 Å². The number of halogens is 1. The van der Waals surface area contributed by atoms with E-state index in [1.807, 2.05) is 6.07 Å². The van der Waals surface area contributed by atoms with Crippen LogP contribution in [0.15, 0.2) is 48.5 Å². The molecule has 4 rings (SSSR count). The monoisotopic (exact) mass is 383 g/mol. The lowest BCUT2D eigenvalue weighted by atomic mass is 9.96. The Hall–Kier alpha value is -2.86. The predicted molar refractivity (Wildman–Crippen MR) is 101 cm³/mol. The molecule has 6 nitrogen and oxygen atoms in total. The van der Waals surface area contributed by atoms with Crippen molar-refractivity contribution in [3.05, 3.63) is 64.7 Å². The highest BCUT2D eigenvalue weighted by atomic mass is 35.5. The van der Waals surface area contributed by atoms with Crippen LogP contribution >= 0.6 is 11.6 Å². The zero-order chi connectivity index (χ0) is 19.2. The molecule has 1 N–H and O–H groups in total. The molecule has 0 aliphatic carbocycles. The Labute approximate surface area is 161 Å². The molecule has 2 heterocycles. The van der Waals surface area contributed by atoms with E-state index in [0.717, 1.165) is 5.56 Å². The maximum Gasteiger partial charge on any atom is 0.267 e. The van der Waals surface area contributed by atoms with Gasteiger partial charge < -0.3 is 10.2 Å². The smallest absolute Gasteiger partial charge is 0.267 e. The van der Waals surface area contributed by atoms with Crippen LogP contribution in [0.2, 0.25) is 5.02 Å². The van der Waals surface area contributed by atoms with Crippen LogP contribution in [0.3, 0.4) is 0 Å². The van der Waals surface area contributed by atoms with Gasteiger partial charge in [-0.2, -0.15) is 0 Å². The van der Waals surface area contributed by atoms with Gasteiger partial charge in [0, 0.05) is 31.5 Å². The van der Waals surface area contributed by atoms with Crippen LogP contribution in [-0.4, -0.2) is 35.3 Å². The summed E-state index contributed by atoms with van der Waals surface area (Å²) < 4.78 is 0. The van der Waals surface area contributed by atoms with E-state index in [4.69, 9.17) is 11.6 Å². The molecule has 1 saturated heterocycles. The second-order valence-electron chi connectivity index (χ2n) is 6.74. The van der Waals surface area contributed by atoms with Crippen LogP contribution in [0.1, 0.15) is 28.8 Å². The summed E-state index contributed by atoms with van der Waals surface area (Å²) in [5.41, 5.74) is 0.406. The number of hydrogen-bond donors (Lipinski definition) is 1. The van der Waals surface area contributed by atoms with E-state index >= 15 is 0 Å². The van der Waals surface area contributed by atoms with Crippen LogP contribution < -0.4 is 10.2 Å². The third-order valence-electron chi connectivity index (χ3n) is 5.25. The molecule has 2 aromatic rings. The third kappa shape index (κ3) is 2.59. The number of fused-ring (bicyclic) bond motifs is 3. The number of likely N-dealkylation sites (N-methyl/N-ethyl adjacent to an activating group) is 1. The number of amides is 3. The number of anilines is 1. The topological polar surface area (TPSA) is 69.7 Å². The average Bonchev–Trinajstić information content (AvgIpc) is 3.03. The lowest BCUT2D eigenvalue weighted by Crippen LogP contribution is -2.69. The van der Waals surface area contributed by atoms with Gasteiger partial charge in [0.2, 0.25) is 11.6 Å². The molecular formula is C20H18ClN3O3. The third-order valence-corrected chi connectivity index (χ3v) is 5.48. The molecular weight excluding hydrogens is 366 g/mol. The lowest BCUT2D eigenvalue weighted by molar-refractivity contribution is -0.133. The van der Waals surface area contributed by atoms with Crippen LogP contribution in [0.4, 0.5) is 5.69 Å². The van der Waals surface area contributed by atoms with Crippen molar-refractivity contribution in [2.75, 3.05) is 11.9 Å². The Morgan fingerprint density at radius 1 is 1.19 bits per heavy atom. The average molecular weight is 384 g/mol. The zero-order valence-electron chi connectivity index (χ0n) is 14.7. The van der Waals surface area contributed by atoms with E-state index in [-0.39, 0.29) is 37.1 Å². The summed E-state index contributed by atoms with van der Waals surface area (Å²) in [5, 5.41) is 3.46. The molecule has 7 heteroatoms. The van der Waals surface area contributed by atoms with Gasteiger partial charge >= 0.3 is 0 Å². The van der Waals surface area contributed by atoms with Gasteiger partial charge in [-0.25, -0.2) is 0 Å². The van der Waals surface area contributed by atoms with Crippen LogP contribution in [0.25, 0.3) is 0 Å². The summed E-state index contributed by atoms with van der Waals surface area (Å²) in [4.78, 5) is 41.6. The minimum absolute atomic E-state index is 0.167. The molecule has 138 valence electrons. The van der Waals surface area contributed by atoms with Crippen molar-refractivity contribution >= 4 is 35.0 Å². The quantitative estimate of drug-likeness (QED) is 0.885. The SMILES string of the molecule is CN1C(=O)c2ccccc2N2C(=O)CC[C@@]12C(=O)NCc1cccc(Cl)c1. The van der Waals surface area contributed by atoms with E-state index in [9.17, 15) is 14.4 Å². The van der Waals surface area contributed by atoms with Crippen molar-refractivity contribution in [2.45, 2.75) is 25.0 Å². The molecule has 2 aliphatic rings. The summed E-state index contributed by atoms with van der Waals surface area (Å²) in [7, 11) is 1.57. The molecule has 0 radical (unpaired) electrons. The minimum Gasteiger partial charge on any atom is -0.348 e. The van der Waals surface area contributed by atoms with Gasteiger partial charge in [0.1, 0.15) is 0 Å². The molecule has 1 fully saturated rings. The number of carbonyl (C=O) groups is 3. The first-order chi connectivity index (χ1) is 12.9. The molecule has 0 spiro atoms. The minimum atomic E-state index is -1.35. The van der Waals surface area contributed by atoms with Crippen molar-refractivity contribution in [2.24, 2.45) is 0 Å². The van der Waals surface area contributed by atoms with Crippen LogP contribution in [0.5, 0.6) is 0 Å². The summed E-state index contributed by atoms with van der Waals surface area (Å²) in [5.74, 6) is -0.812. The number of benzene rings is 2. The fourth-order valence-corrected chi connectivity index (χ4v) is 4.11. The first kappa shape index (κ1) is 17.5. The van der Waals surface area contributed by atoms with Crippen molar-refractivity contribution < 1.29 is 14.4 Å². The van der Waals surface area contributed by atoms with Crippen LogP contribution in [0, 0.1) is 0 Å². The standard InChI is InChI=1S/C20H18ClN3O3/c1-23-18(26)15-7-2-3-8-16(15)24-17(25)9-10-20(23,24)19(27)22-12-13-5-4-6-14(21)11-13/h2-8,11H,9-10,12H2,1H3,(H,22,27)/t20-/m1/s1. The maximum absolute atomic E-state index is 13.2. The van der Waals surface area contributed by atoms with Crippen LogP contribution in [-0.2, 0) is 16.1 Å². The number of rotatable bonds is 3. The molecule has 0 saturated carbocycles. The highest BCUT2D eigenvalue weighted by Crippen LogP contribution is 2.43. The van der Waals surface area contributed by atoms with Gasteiger partial charge in [-0.3, -0.25) is 19.3 Å². The van der Waals surface area contributed by atoms with Gasteiger partial charge in [-0.1, -0.05) is 35.9 Å².